The van der Waals surface area contributed by atoms with E-state index in [9.17, 15) is 9.59 Å². The molecule has 2 aromatic carbocycles. The number of hydrogen-bond donors (Lipinski definition) is 2. The molecule has 0 bridgehead atoms. The highest BCUT2D eigenvalue weighted by Gasteiger charge is 2.32. The highest BCUT2D eigenvalue weighted by Crippen LogP contribution is 2.42. The summed E-state index contributed by atoms with van der Waals surface area (Å²) < 4.78 is 16.1. The highest BCUT2D eigenvalue weighted by molar-refractivity contribution is 7.10. The van der Waals surface area contributed by atoms with E-state index in [0.717, 1.165) is 22.4 Å². The third-order valence-electron chi connectivity index (χ3n) is 5.73. The number of benzene rings is 2. The molecule has 0 radical (unpaired) electrons. The molecule has 2 N–H and O–H groups in total. The second-order valence-electron chi connectivity index (χ2n) is 7.78. The predicted octanol–water partition coefficient (Wildman–Crippen LogP) is 4.07. The van der Waals surface area contributed by atoms with Crippen LogP contribution in [-0.2, 0) is 11.2 Å². The Morgan fingerprint density at radius 3 is 2.41 bits per heavy atom. The molecule has 34 heavy (non-hydrogen) atoms. The molecule has 0 saturated carbocycles. The van der Waals surface area contributed by atoms with Gasteiger partial charge in [-0.1, -0.05) is 6.07 Å². The summed E-state index contributed by atoms with van der Waals surface area (Å²) in [4.78, 5) is 28.3. The van der Waals surface area contributed by atoms with Crippen molar-refractivity contribution in [2.45, 2.75) is 12.5 Å². The average Bonchev–Trinajstić information content (AvgIpc) is 3.37. The predicted molar refractivity (Wildman–Crippen MR) is 131 cm³/mol. The number of nitrogens with zero attached hydrogens (tertiary/aromatic N) is 1. The van der Waals surface area contributed by atoms with Crippen molar-refractivity contribution in [3.05, 3.63) is 69.9 Å². The van der Waals surface area contributed by atoms with Gasteiger partial charge in [0.15, 0.2) is 11.5 Å². The van der Waals surface area contributed by atoms with Crippen LogP contribution in [0.5, 0.6) is 17.2 Å². The van der Waals surface area contributed by atoms with Gasteiger partial charge in [-0.2, -0.15) is 0 Å². The van der Waals surface area contributed by atoms with Crippen LogP contribution in [0.25, 0.3) is 0 Å². The number of urea groups is 1. The number of thiophene rings is 1. The lowest BCUT2D eigenvalue weighted by atomic mass is 9.91. The molecule has 2 heterocycles. The van der Waals surface area contributed by atoms with E-state index in [2.05, 4.69) is 21.6 Å². The van der Waals surface area contributed by atoms with Crippen LogP contribution in [-0.4, -0.2) is 51.3 Å². The minimum absolute atomic E-state index is 0.0758. The molecule has 1 aliphatic heterocycles. The second-order valence-corrected chi connectivity index (χ2v) is 8.75. The minimum Gasteiger partial charge on any atom is -0.497 e. The van der Waals surface area contributed by atoms with Gasteiger partial charge in [-0.3, -0.25) is 15.0 Å². The third-order valence-corrected chi connectivity index (χ3v) is 6.66. The van der Waals surface area contributed by atoms with Gasteiger partial charge >= 0.3 is 6.03 Å². The van der Waals surface area contributed by atoms with Gasteiger partial charge in [-0.25, -0.2) is 4.79 Å². The average molecular weight is 482 g/mol. The van der Waals surface area contributed by atoms with Gasteiger partial charge in [0.2, 0.25) is 5.91 Å². The zero-order chi connectivity index (χ0) is 24.1. The number of carbonyl (C=O) groups excluding carboxylic acids is 2. The summed E-state index contributed by atoms with van der Waals surface area (Å²) in [6.45, 7) is 0.741. The molecule has 0 aliphatic carbocycles. The number of hydrogen-bond acceptors (Lipinski definition) is 7. The summed E-state index contributed by atoms with van der Waals surface area (Å²) in [6.07, 6.45) is 0.753. The lowest BCUT2D eigenvalue weighted by molar-refractivity contribution is -0.121. The first kappa shape index (κ1) is 23.6. The number of fused-ring (bicyclic) bond motifs is 1. The lowest BCUT2D eigenvalue weighted by Gasteiger charge is -2.36. The molecular weight excluding hydrogens is 454 g/mol. The monoisotopic (exact) mass is 481 g/mol. The molecule has 1 aromatic heterocycles. The number of methoxy groups -OCH3 is 3. The standard InChI is InChI=1S/C25H27N3O5S/c1-31-18-8-6-17(7-9-18)26-25(30)27-23(29)15-28-11-10-16-13-20(32-2)21(33-3)14-19(16)24(28)22-5-4-12-34-22/h4-9,12-14,24H,10-11,15H2,1-3H3,(H2,26,27,29,30). The van der Waals surface area contributed by atoms with Crippen LogP contribution < -0.4 is 24.8 Å². The van der Waals surface area contributed by atoms with Gasteiger partial charge in [0.05, 0.1) is 33.9 Å². The number of anilines is 1. The van der Waals surface area contributed by atoms with Crippen molar-refractivity contribution in [3.8, 4) is 17.2 Å². The Bertz CT molecular complexity index is 1150. The van der Waals surface area contributed by atoms with Crippen LogP contribution in [0.15, 0.2) is 53.9 Å². The molecule has 0 saturated heterocycles. The summed E-state index contributed by atoms with van der Waals surface area (Å²) in [5.74, 6) is 1.64. The Kier molecular flexibility index (Phi) is 7.34. The van der Waals surface area contributed by atoms with E-state index in [1.807, 2.05) is 23.6 Å². The van der Waals surface area contributed by atoms with Gasteiger partial charge < -0.3 is 19.5 Å². The van der Waals surface area contributed by atoms with Crippen molar-refractivity contribution < 1.29 is 23.8 Å². The Morgan fingerprint density at radius 1 is 1.03 bits per heavy atom. The molecule has 178 valence electrons. The number of rotatable bonds is 7. The van der Waals surface area contributed by atoms with Crippen molar-refractivity contribution >= 4 is 29.0 Å². The Morgan fingerprint density at radius 2 is 1.76 bits per heavy atom. The van der Waals surface area contributed by atoms with Gasteiger partial charge in [0, 0.05) is 17.1 Å². The van der Waals surface area contributed by atoms with E-state index in [4.69, 9.17) is 14.2 Å². The van der Waals surface area contributed by atoms with E-state index in [0.29, 0.717) is 29.5 Å². The topological polar surface area (TPSA) is 89.1 Å². The van der Waals surface area contributed by atoms with Crippen LogP contribution in [0.4, 0.5) is 10.5 Å². The van der Waals surface area contributed by atoms with Gasteiger partial charge in [0.1, 0.15) is 5.75 Å². The number of imide groups is 1. The van der Waals surface area contributed by atoms with Crippen LogP contribution in [0.1, 0.15) is 22.0 Å². The number of carbonyl (C=O) groups is 2. The molecule has 0 fully saturated rings. The largest absolute Gasteiger partial charge is 0.497 e. The van der Waals surface area contributed by atoms with Crippen LogP contribution in [0.2, 0.25) is 0 Å². The molecule has 8 nitrogen and oxygen atoms in total. The van der Waals surface area contributed by atoms with Crippen molar-refractivity contribution in [3.63, 3.8) is 0 Å². The highest BCUT2D eigenvalue weighted by atomic mass is 32.1. The van der Waals surface area contributed by atoms with Crippen LogP contribution >= 0.6 is 11.3 Å². The van der Waals surface area contributed by atoms with Crippen molar-refractivity contribution in [2.24, 2.45) is 0 Å². The van der Waals surface area contributed by atoms with E-state index < -0.39 is 6.03 Å². The van der Waals surface area contributed by atoms with E-state index in [1.165, 1.54) is 0 Å². The maximum atomic E-state index is 12.8. The maximum absolute atomic E-state index is 12.8. The third kappa shape index (κ3) is 5.16. The summed E-state index contributed by atoms with van der Waals surface area (Å²) >= 11 is 1.63. The summed E-state index contributed by atoms with van der Waals surface area (Å²) in [5.41, 5.74) is 2.79. The SMILES string of the molecule is COc1ccc(NC(=O)NC(=O)CN2CCc3cc(OC)c(OC)cc3C2c2cccs2)cc1. The normalized spacial score (nSPS) is 15.2. The molecular formula is C25H27N3O5S. The molecule has 1 unspecified atom stereocenters. The zero-order valence-electron chi connectivity index (χ0n) is 19.3. The first-order chi connectivity index (χ1) is 16.5. The maximum Gasteiger partial charge on any atom is 0.325 e. The van der Waals surface area contributed by atoms with Crippen molar-refractivity contribution in [1.82, 2.24) is 10.2 Å². The Labute approximate surface area is 202 Å². The molecule has 1 aliphatic rings. The fourth-order valence-corrected chi connectivity index (χ4v) is 5.01. The molecule has 4 rings (SSSR count). The molecule has 3 amide bonds. The smallest absolute Gasteiger partial charge is 0.325 e. The van der Waals surface area contributed by atoms with Gasteiger partial charge in [0.25, 0.3) is 0 Å². The summed E-state index contributed by atoms with van der Waals surface area (Å²) in [6, 6.07) is 14.2. The van der Waals surface area contributed by atoms with Crippen molar-refractivity contribution in [2.75, 3.05) is 39.7 Å². The number of ether oxygens (including phenoxy) is 3. The molecule has 0 spiro atoms. The molecule has 3 aromatic rings. The zero-order valence-corrected chi connectivity index (χ0v) is 20.1. The van der Waals surface area contributed by atoms with Gasteiger partial charge in [-0.15, -0.1) is 11.3 Å². The van der Waals surface area contributed by atoms with Crippen LogP contribution in [0, 0.1) is 0 Å². The van der Waals surface area contributed by atoms with Crippen molar-refractivity contribution in [1.29, 1.82) is 0 Å². The Balaban J connectivity index is 1.49. The van der Waals surface area contributed by atoms with E-state index in [1.54, 1.807) is 56.9 Å². The first-order valence-electron chi connectivity index (χ1n) is 10.8. The van der Waals surface area contributed by atoms with Gasteiger partial charge in [-0.05, 0) is 65.4 Å². The minimum atomic E-state index is -0.577. The summed E-state index contributed by atoms with van der Waals surface area (Å²) in [5, 5.41) is 7.12. The summed E-state index contributed by atoms with van der Waals surface area (Å²) in [7, 11) is 4.81. The van der Waals surface area contributed by atoms with E-state index in [-0.39, 0.29) is 18.5 Å². The second kappa shape index (κ2) is 10.6. The fraction of sp³-hybridized carbons (Fsp3) is 0.280. The fourth-order valence-electron chi connectivity index (χ4n) is 4.14. The number of amides is 3. The lowest BCUT2D eigenvalue weighted by Crippen LogP contribution is -2.45. The molecule has 1 atom stereocenters. The van der Waals surface area contributed by atoms with Crippen LogP contribution in [0.3, 0.4) is 0 Å². The molecule has 9 heteroatoms. The first-order valence-corrected chi connectivity index (χ1v) is 11.7. The quantitative estimate of drug-likeness (QED) is 0.529. The Hall–Kier alpha value is -3.56. The number of nitrogens with one attached hydrogen (secondary N) is 2. The van der Waals surface area contributed by atoms with E-state index >= 15 is 0 Å².